The van der Waals surface area contributed by atoms with Crippen molar-refractivity contribution in [2.45, 2.75) is 31.8 Å². The first-order valence-electron chi connectivity index (χ1n) is 7.92. The molecule has 1 fully saturated rings. The van der Waals surface area contributed by atoms with E-state index in [1.807, 2.05) is 30.3 Å². The first kappa shape index (κ1) is 20.9. The van der Waals surface area contributed by atoms with E-state index in [4.69, 9.17) is 5.73 Å². The standard InChI is InChI=1S/C16H25N3O3S.ClH/c1-3-23(21,22)18(2)14-9-11-19(12-10-14)16(20)15(17)13-7-5-4-6-8-13;/h4-8,14-15H,3,9-12,17H2,1-2H3;1H. The molecule has 0 aliphatic carbocycles. The number of nitrogens with zero attached hydrogens (tertiary/aromatic N) is 2. The molecule has 1 heterocycles. The molecule has 1 unspecified atom stereocenters. The fourth-order valence-electron chi connectivity index (χ4n) is 2.88. The lowest BCUT2D eigenvalue weighted by Gasteiger charge is -2.37. The molecular formula is C16H26ClN3O3S. The van der Waals surface area contributed by atoms with Gasteiger partial charge in [0.2, 0.25) is 15.9 Å². The highest BCUT2D eigenvalue weighted by Gasteiger charge is 2.31. The van der Waals surface area contributed by atoms with Gasteiger partial charge in [-0.05, 0) is 25.3 Å². The van der Waals surface area contributed by atoms with Crippen LogP contribution in [0.15, 0.2) is 30.3 Å². The predicted octanol–water partition coefficient (Wildman–Crippen LogP) is 1.38. The van der Waals surface area contributed by atoms with Gasteiger partial charge in [-0.15, -0.1) is 12.4 Å². The summed E-state index contributed by atoms with van der Waals surface area (Å²) < 4.78 is 25.3. The van der Waals surface area contributed by atoms with E-state index < -0.39 is 16.1 Å². The molecule has 1 aliphatic heterocycles. The summed E-state index contributed by atoms with van der Waals surface area (Å²) in [5.74, 6) is -0.00251. The van der Waals surface area contributed by atoms with Crippen molar-refractivity contribution in [1.29, 1.82) is 0 Å². The van der Waals surface area contributed by atoms with Crippen molar-refractivity contribution in [1.82, 2.24) is 9.21 Å². The number of amides is 1. The molecule has 1 aromatic carbocycles. The topological polar surface area (TPSA) is 83.7 Å². The van der Waals surface area contributed by atoms with Gasteiger partial charge in [0.05, 0.1) is 5.75 Å². The summed E-state index contributed by atoms with van der Waals surface area (Å²) in [7, 11) is -1.57. The van der Waals surface area contributed by atoms with Crippen LogP contribution < -0.4 is 5.73 Å². The van der Waals surface area contributed by atoms with E-state index in [-0.39, 0.29) is 30.1 Å². The average Bonchev–Trinajstić information content (AvgIpc) is 2.60. The summed E-state index contributed by atoms with van der Waals surface area (Å²) in [4.78, 5) is 14.2. The maximum atomic E-state index is 12.5. The molecule has 0 aromatic heterocycles. The zero-order valence-electron chi connectivity index (χ0n) is 14.1. The SMILES string of the molecule is CCS(=O)(=O)N(C)C1CCN(C(=O)C(N)c2ccccc2)CC1.Cl. The highest BCUT2D eigenvalue weighted by molar-refractivity contribution is 7.89. The van der Waals surface area contributed by atoms with Gasteiger partial charge in [-0.1, -0.05) is 30.3 Å². The second-order valence-corrected chi connectivity index (χ2v) is 8.18. The molecule has 8 heteroatoms. The summed E-state index contributed by atoms with van der Waals surface area (Å²) in [6.07, 6.45) is 1.28. The number of carbonyl (C=O) groups is 1. The first-order valence-corrected chi connectivity index (χ1v) is 9.52. The van der Waals surface area contributed by atoms with Gasteiger partial charge in [-0.3, -0.25) is 4.79 Å². The van der Waals surface area contributed by atoms with Gasteiger partial charge in [0.15, 0.2) is 0 Å². The number of hydrogen-bond donors (Lipinski definition) is 1. The minimum Gasteiger partial charge on any atom is -0.341 e. The van der Waals surface area contributed by atoms with Crippen LogP contribution in [0.2, 0.25) is 0 Å². The minimum absolute atomic E-state index is 0. The number of carbonyl (C=O) groups excluding carboxylic acids is 1. The number of likely N-dealkylation sites (tertiary alicyclic amines) is 1. The Morgan fingerprint density at radius 2 is 1.83 bits per heavy atom. The molecule has 2 rings (SSSR count). The first-order chi connectivity index (χ1) is 10.9. The monoisotopic (exact) mass is 375 g/mol. The number of nitrogens with two attached hydrogens (primary N) is 1. The van der Waals surface area contributed by atoms with Gasteiger partial charge in [-0.2, -0.15) is 0 Å². The third-order valence-electron chi connectivity index (χ3n) is 4.52. The molecule has 136 valence electrons. The largest absolute Gasteiger partial charge is 0.341 e. The number of benzene rings is 1. The van der Waals surface area contributed by atoms with Crippen LogP contribution in [0.3, 0.4) is 0 Å². The Labute approximate surface area is 150 Å². The Balaban J connectivity index is 0.00000288. The lowest BCUT2D eigenvalue weighted by atomic mass is 10.0. The Morgan fingerprint density at radius 1 is 1.29 bits per heavy atom. The van der Waals surface area contributed by atoms with E-state index in [9.17, 15) is 13.2 Å². The Morgan fingerprint density at radius 3 is 2.33 bits per heavy atom. The van der Waals surface area contributed by atoms with Crippen molar-refractivity contribution >= 4 is 28.3 Å². The molecule has 6 nitrogen and oxygen atoms in total. The van der Waals surface area contributed by atoms with Crippen molar-refractivity contribution in [3.63, 3.8) is 0 Å². The zero-order chi connectivity index (χ0) is 17.0. The molecule has 0 radical (unpaired) electrons. The third kappa shape index (κ3) is 4.69. The number of rotatable bonds is 5. The third-order valence-corrected chi connectivity index (χ3v) is 6.42. The van der Waals surface area contributed by atoms with Crippen LogP contribution >= 0.6 is 12.4 Å². The second-order valence-electron chi connectivity index (χ2n) is 5.86. The van der Waals surface area contributed by atoms with Crippen LogP contribution in [0.5, 0.6) is 0 Å². The molecule has 1 atom stereocenters. The molecule has 0 saturated carbocycles. The van der Waals surface area contributed by atoms with Crippen molar-refractivity contribution < 1.29 is 13.2 Å². The van der Waals surface area contributed by atoms with Crippen molar-refractivity contribution in [3.8, 4) is 0 Å². The van der Waals surface area contributed by atoms with E-state index in [0.717, 1.165) is 5.56 Å². The summed E-state index contributed by atoms with van der Waals surface area (Å²) in [6.45, 7) is 2.71. The molecule has 1 aromatic rings. The Hall–Kier alpha value is -1.15. The molecule has 0 bridgehead atoms. The molecule has 1 amide bonds. The van der Waals surface area contributed by atoms with Crippen LogP contribution in [0.25, 0.3) is 0 Å². The molecule has 0 spiro atoms. The number of piperidine rings is 1. The lowest BCUT2D eigenvalue weighted by molar-refractivity contribution is -0.134. The average molecular weight is 376 g/mol. The predicted molar refractivity (Wildman–Crippen MR) is 97.4 cm³/mol. The van der Waals surface area contributed by atoms with E-state index in [2.05, 4.69) is 0 Å². The summed E-state index contributed by atoms with van der Waals surface area (Å²) >= 11 is 0. The van der Waals surface area contributed by atoms with E-state index >= 15 is 0 Å². The van der Waals surface area contributed by atoms with Crippen LogP contribution in [0, 0.1) is 0 Å². The number of hydrogen-bond acceptors (Lipinski definition) is 4. The van der Waals surface area contributed by atoms with Gasteiger partial charge in [0.25, 0.3) is 0 Å². The maximum Gasteiger partial charge on any atom is 0.244 e. The Bertz CT molecular complexity index is 631. The van der Waals surface area contributed by atoms with Crippen LogP contribution in [-0.4, -0.2) is 55.5 Å². The van der Waals surface area contributed by atoms with Gasteiger partial charge >= 0.3 is 0 Å². The fraction of sp³-hybridized carbons (Fsp3) is 0.562. The van der Waals surface area contributed by atoms with Gasteiger partial charge in [0.1, 0.15) is 6.04 Å². The summed E-state index contributed by atoms with van der Waals surface area (Å²) in [6, 6.07) is 8.59. The van der Waals surface area contributed by atoms with Crippen molar-refractivity contribution in [3.05, 3.63) is 35.9 Å². The summed E-state index contributed by atoms with van der Waals surface area (Å²) in [5, 5.41) is 0. The smallest absolute Gasteiger partial charge is 0.244 e. The van der Waals surface area contributed by atoms with Crippen molar-refractivity contribution in [2.24, 2.45) is 5.73 Å². The molecule has 1 aliphatic rings. The van der Waals surface area contributed by atoms with E-state index in [1.54, 1.807) is 18.9 Å². The van der Waals surface area contributed by atoms with Crippen LogP contribution in [0.1, 0.15) is 31.4 Å². The highest BCUT2D eigenvalue weighted by atomic mass is 35.5. The fourth-order valence-corrected chi connectivity index (χ4v) is 3.95. The quantitative estimate of drug-likeness (QED) is 0.842. The van der Waals surface area contributed by atoms with Gasteiger partial charge < -0.3 is 10.6 Å². The molecule has 24 heavy (non-hydrogen) atoms. The normalized spacial score (nSPS) is 17.4. The van der Waals surface area contributed by atoms with E-state index in [1.165, 1.54) is 4.31 Å². The number of halogens is 1. The maximum absolute atomic E-state index is 12.5. The van der Waals surface area contributed by atoms with Crippen molar-refractivity contribution in [2.75, 3.05) is 25.9 Å². The zero-order valence-corrected chi connectivity index (χ0v) is 15.7. The number of sulfonamides is 1. The molecule has 2 N–H and O–H groups in total. The lowest BCUT2D eigenvalue weighted by Crippen LogP contribution is -2.49. The van der Waals surface area contributed by atoms with Crippen LogP contribution in [0.4, 0.5) is 0 Å². The van der Waals surface area contributed by atoms with Gasteiger partial charge in [-0.25, -0.2) is 12.7 Å². The van der Waals surface area contributed by atoms with E-state index in [0.29, 0.717) is 25.9 Å². The second kappa shape index (κ2) is 8.80. The molecular weight excluding hydrogens is 350 g/mol. The molecule has 1 saturated heterocycles. The minimum atomic E-state index is -3.19. The highest BCUT2D eigenvalue weighted by Crippen LogP contribution is 2.21. The van der Waals surface area contributed by atoms with Gasteiger partial charge in [0, 0.05) is 26.2 Å². The Kier molecular flexibility index (Phi) is 7.66. The van der Waals surface area contributed by atoms with Crippen LogP contribution in [-0.2, 0) is 14.8 Å². The summed E-state index contributed by atoms with van der Waals surface area (Å²) in [5.41, 5.74) is 6.85.